The number of carbonyl (C=O) groups excluding carboxylic acids is 2. The van der Waals surface area contributed by atoms with Crippen LogP contribution in [-0.4, -0.2) is 29.7 Å². The van der Waals surface area contributed by atoms with E-state index in [-0.39, 0.29) is 11.8 Å². The average Bonchev–Trinajstić information content (AvgIpc) is 3.34. The highest BCUT2D eigenvalue weighted by Gasteiger charge is 2.32. The van der Waals surface area contributed by atoms with Crippen LogP contribution >= 0.6 is 23.1 Å². The highest BCUT2D eigenvalue weighted by atomic mass is 32.2. The Balaban J connectivity index is 1.18. The minimum atomic E-state index is -0.491. The monoisotopic (exact) mass is 517 g/mol. The zero-order valence-electron chi connectivity index (χ0n) is 19.4. The Kier molecular flexibility index (Phi) is 7.20. The highest BCUT2D eigenvalue weighted by Crippen LogP contribution is 2.44. The van der Waals surface area contributed by atoms with Crippen molar-refractivity contribution in [2.45, 2.75) is 11.7 Å². The second-order valence-corrected chi connectivity index (χ2v) is 9.86. The van der Waals surface area contributed by atoms with Crippen LogP contribution in [0.2, 0.25) is 0 Å². The number of para-hydroxylation sites is 2. The summed E-state index contributed by atoms with van der Waals surface area (Å²) >= 11 is 2.83. The fraction of sp³-hybridized carbons (Fsp3) is 0.148. The van der Waals surface area contributed by atoms with Crippen LogP contribution in [0.15, 0.2) is 78.2 Å². The number of nitrogens with zero attached hydrogens (tertiary/aromatic N) is 1. The molecule has 7 nitrogen and oxygen atoms in total. The summed E-state index contributed by atoms with van der Waals surface area (Å²) in [6.07, 6.45) is 0. The van der Waals surface area contributed by atoms with Crippen molar-refractivity contribution < 1.29 is 19.1 Å². The van der Waals surface area contributed by atoms with E-state index in [9.17, 15) is 9.59 Å². The molecule has 0 saturated heterocycles. The van der Waals surface area contributed by atoms with E-state index in [0.717, 1.165) is 28.3 Å². The Morgan fingerprint density at radius 3 is 2.31 bits per heavy atom. The molecule has 0 bridgehead atoms. The van der Waals surface area contributed by atoms with Crippen molar-refractivity contribution in [2.24, 2.45) is 0 Å². The molecular formula is C27H23N3O4S2. The van der Waals surface area contributed by atoms with Crippen LogP contribution in [0, 0.1) is 0 Å². The fourth-order valence-corrected chi connectivity index (χ4v) is 5.46. The summed E-state index contributed by atoms with van der Waals surface area (Å²) in [6.45, 7) is 0. The van der Waals surface area contributed by atoms with E-state index in [1.165, 1.54) is 23.1 Å². The summed E-state index contributed by atoms with van der Waals surface area (Å²) in [7, 11) is 1.60. The Hall–Kier alpha value is -3.82. The molecule has 36 heavy (non-hydrogen) atoms. The van der Waals surface area contributed by atoms with Crippen LogP contribution in [0.25, 0.3) is 0 Å². The molecule has 0 saturated carbocycles. The van der Waals surface area contributed by atoms with Gasteiger partial charge in [-0.3, -0.25) is 9.59 Å². The van der Waals surface area contributed by atoms with Gasteiger partial charge in [-0.25, -0.2) is 4.98 Å². The molecule has 5 rings (SSSR count). The van der Waals surface area contributed by atoms with Gasteiger partial charge in [0.2, 0.25) is 11.8 Å². The Morgan fingerprint density at radius 1 is 0.972 bits per heavy atom. The largest absolute Gasteiger partial charge is 0.497 e. The van der Waals surface area contributed by atoms with Crippen LogP contribution in [-0.2, 0) is 15.3 Å². The lowest BCUT2D eigenvalue weighted by molar-refractivity contribution is -0.117. The lowest BCUT2D eigenvalue weighted by Gasteiger charge is -2.27. The van der Waals surface area contributed by atoms with Crippen molar-refractivity contribution in [3.63, 3.8) is 0 Å². The minimum Gasteiger partial charge on any atom is -0.497 e. The molecule has 1 aliphatic rings. The molecule has 182 valence electrons. The number of amides is 2. The van der Waals surface area contributed by atoms with Crippen LogP contribution in [0.4, 0.5) is 10.8 Å². The quantitative estimate of drug-likeness (QED) is 0.303. The Morgan fingerprint density at radius 2 is 1.64 bits per heavy atom. The van der Waals surface area contributed by atoms with Crippen LogP contribution in [0.5, 0.6) is 17.2 Å². The number of hydrogen-bond donors (Lipinski definition) is 2. The van der Waals surface area contributed by atoms with E-state index in [0.29, 0.717) is 28.1 Å². The van der Waals surface area contributed by atoms with Gasteiger partial charge in [0.05, 0.1) is 24.5 Å². The number of methoxy groups -OCH3 is 1. The van der Waals surface area contributed by atoms with Gasteiger partial charge < -0.3 is 20.1 Å². The molecule has 3 aromatic carbocycles. The van der Waals surface area contributed by atoms with E-state index in [4.69, 9.17) is 9.47 Å². The maximum atomic E-state index is 13.4. The standard InChI is InChI=1S/C27H23N3O4S2/c1-33-19-12-10-17(11-13-19)28-24(31)16-35-14-18-15-36-27(29-18)30-26(32)25-20-6-2-4-8-22(20)34-23-9-5-3-7-21(23)25/h2-13,15,25H,14,16H2,1H3,(H,28,31)(H,29,30,32). The molecule has 0 radical (unpaired) electrons. The maximum Gasteiger partial charge on any atom is 0.238 e. The zero-order chi connectivity index (χ0) is 24.9. The highest BCUT2D eigenvalue weighted by molar-refractivity contribution is 7.99. The van der Waals surface area contributed by atoms with Crippen molar-refractivity contribution in [3.8, 4) is 17.2 Å². The van der Waals surface area contributed by atoms with Gasteiger partial charge in [0.15, 0.2) is 5.13 Å². The van der Waals surface area contributed by atoms with E-state index < -0.39 is 5.92 Å². The molecular weight excluding hydrogens is 494 g/mol. The number of thiazole rings is 1. The smallest absolute Gasteiger partial charge is 0.238 e. The minimum absolute atomic E-state index is 0.0919. The van der Waals surface area contributed by atoms with Crippen molar-refractivity contribution in [1.29, 1.82) is 0 Å². The van der Waals surface area contributed by atoms with Gasteiger partial charge in [-0.15, -0.1) is 23.1 Å². The number of anilines is 2. The third-order valence-electron chi connectivity index (χ3n) is 5.58. The predicted octanol–water partition coefficient (Wildman–Crippen LogP) is 5.90. The van der Waals surface area contributed by atoms with Gasteiger partial charge >= 0.3 is 0 Å². The van der Waals surface area contributed by atoms with Gasteiger partial charge in [0.1, 0.15) is 17.2 Å². The van der Waals surface area contributed by atoms with Crippen molar-refractivity contribution >= 4 is 45.7 Å². The summed E-state index contributed by atoms with van der Waals surface area (Å²) in [5.74, 6) is 2.21. The summed E-state index contributed by atoms with van der Waals surface area (Å²) < 4.78 is 11.1. The van der Waals surface area contributed by atoms with Crippen LogP contribution < -0.4 is 20.1 Å². The first-order chi connectivity index (χ1) is 17.6. The van der Waals surface area contributed by atoms with E-state index in [1.807, 2.05) is 53.9 Å². The second kappa shape index (κ2) is 10.8. The summed E-state index contributed by atoms with van der Waals surface area (Å²) in [6, 6.07) is 22.3. The maximum absolute atomic E-state index is 13.4. The molecule has 4 aromatic rings. The molecule has 0 spiro atoms. The third kappa shape index (κ3) is 5.37. The third-order valence-corrected chi connectivity index (χ3v) is 7.35. The summed E-state index contributed by atoms with van der Waals surface area (Å²) in [5.41, 5.74) is 3.18. The number of thioether (sulfide) groups is 1. The SMILES string of the molecule is COc1ccc(NC(=O)CSCc2csc(NC(=O)C3c4ccccc4Oc4ccccc43)n2)cc1. The number of ether oxygens (including phenoxy) is 2. The lowest BCUT2D eigenvalue weighted by atomic mass is 9.87. The molecule has 1 aromatic heterocycles. The van der Waals surface area contributed by atoms with Crippen LogP contribution in [0.3, 0.4) is 0 Å². The molecule has 0 unspecified atom stereocenters. The van der Waals surface area contributed by atoms with Gasteiger partial charge in [-0.2, -0.15) is 0 Å². The van der Waals surface area contributed by atoms with E-state index in [2.05, 4.69) is 15.6 Å². The van der Waals surface area contributed by atoms with Gasteiger partial charge in [0.25, 0.3) is 0 Å². The summed E-state index contributed by atoms with van der Waals surface area (Å²) in [4.78, 5) is 30.1. The number of hydrogen-bond acceptors (Lipinski definition) is 7. The van der Waals surface area contributed by atoms with E-state index in [1.54, 1.807) is 31.4 Å². The van der Waals surface area contributed by atoms with Crippen molar-refractivity contribution in [2.75, 3.05) is 23.5 Å². The molecule has 9 heteroatoms. The number of fused-ring (bicyclic) bond motifs is 2. The second-order valence-electron chi connectivity index (χ2n) is 8.01. The number of aromatic nitrogens is 1. The van der Waals surface area contributed by atoms with E-state index >= 15 is 0 Å². The normalized spacial score (nSPS) is 12.1. The first-order valence-electron chi connectivity index (χ1n) is 11.2. The van der Waals surface area contributed by atoms with Gasteiger partial charge in [-0.05, 0) is 36.4 Å². The number of rotatable bonds is 8. The zero-order valence-corrected chi connectivity index (χ0v) is 21.0. The molecule has 1 aliphatic heterocycles. The Bertz CT molecular complexity index is 1340. The first-order valence-corrected chi connectivity index (χ1v) is 13.3. The molecule has 2 heterocycles. The van der Waals surface area contributed by atoms with Gasteiger partial charge in [0, 0.05) is 27.9 Å². The number of nitrogens with one attached hydrogen (secondary N) is 2. The average molecular weight is 518 g/mol. The van der Waals surface area contributed by atoms with Crippen molar-refractivity contribution in [3.05, 3.63) is 95.0 Å². The Labute approximate surface area is 216 Å². The topological polar surface area (TPSA) is 89.6 Å². The first kappa shape index (κ1) is 23.9. The predicted molar refractivity (Wildman–Crippen MR) is 143 cm³/mol. The molecule has 0 aliphatic carbocycles. The molecule has 2 amide bonds. The number of carbonyl (C=O) groups is 2. The summed E-state index contributed by atoms with van der Waals surface area (Å²) in [5, 5.41) is 8.26. The van der Waals surface area contributed by atoms with Crippen molar-refractivity contribution in [1.82, 2.24) is 4.98 Å². The lowest BCUT2D eigenvalue weighted by Crippen LogP contribution is -2.25. The fourth-order valence-electron chi connectivity index (χ4n) is 3.92. The molecule has 0 fully saturated rings. The molecule has 0 atom stereocenters. The van der Waals surface area contributed by atoms with Crippen LogP contribution in [0.1, 0.15) is 22.7 Å². The molecule has 2 N–H and O–H groups in total. The number of benzene rings is 3. The van der Waals surface area contributed by atoms with Gasteiger partial charge in [-0.1, -0.05) is 36.4 Å².